The Morgan fingerprint density at radius 2 is 1.86 bits per heavy atom. The van der Waals surface area contributed by atoms with Crippen LogP contribution in [0.2, 0.25) is 0 Å². The van der Waals surface area contributed by atoms with Crippen LogP contribution in [-0.2, 0) is 19.3 Å². The van der Waals surface area contributed by atoms with E-state index in [1.165, 1.54) is 6.26 Å². The molecule has 0 heterocycles. The fraction of sp³-hybridized carbons (Fsp3) is 0.923. The Labute approximate surface area is 128 Å². The summed E-state index contributed by atoms with van der Waals surface area (Å²) in [6.07, 6.45) is 2.07. The molecule has 0 aromatic rings. The molecule has 0 radical (unpaired) electrons. The molecule has 0 aromatic carbocycles. The summed E-state index contributed by atoms with van der Waals surface area (Å²) in [5, 5.41) is 6.14. The van der Waals surface area contributed by atoms with Gasteiger partial charge in [-0.15, -0.1) is 0 Å². The summed E-state index contributed by atoms with van der Waals surface area (Å²) < 4.78 is 32.6. The molecule has 0 bridgehead atoms. The lowest BCUT2D eigenvalue weighted by Gasteiger charge is -2.24. The first-order chi connectivity index (χ1) is 9.74. The molecule has 0 saturated carbocycles. The minimum absolute atomic E-state index is 0.301. The van der Waals surface area contributed by atoms with E-state index in [0.717, 1.165) is 6.42 Å². The highest BCUT2D eigenvalue weighted by molar-refractivity contribution is 7.92. The quantitative estimate of drug-likeness (QED) is 0.335. The molecule has 0 rings (SSSR count). The summed E-state index contributed by atoms with van der Waals surface area (Å²) in [5.74, 6) is 0.587. The molecule has 0 saturated heterocycles. The third-order valence-electron chi connectivity index (χ3n) is 3.10. The Balaban J connectivity index is 3.93. The lowest BCUT2D eigenvalue weighted by molar-refractivity contribution is 0.0698. The average Bonchev–Trinajstić information content (AvgIpc) is 2.39. The van der Waals surface area contributed by atoms with Crippen LogP contribution in [-0.4, -0.2) is 72.4 Å². The van der Waals surface area contributed by atoms with Gasteiger partial charge in [0.15, 0.2) is 15.8 Å². The second kappa shape index (κ2) is 9.97. The number of ether oxygens (including phenoxy) is 2. The maximum Gasteiger partial charge on any atom is 0.191 e. The molecule has 0 spiro atoms. The van der Waals surface area contributed by atoms with Crippen molar-refractivity contribution in [1.29, 1.82) is 0 Å². The van der Waals surface area contributed by atoms with Gasteiger partial charge in [-0.2, -0.15) is 0 Å². The molecule has 0 atom stereocenters. The van der Waals surface area contributed by atoms with E-state index in [4.69, 9.17) is 9.47 Å². The Hall–Kier alpha value is -0.860. The van der Waals surface area contributed by atoms with E-state index in [1.807, 2.05) is 0 Å². The smallest absolute Gasteiger partial charge is 0.191 e. The first-order valence-corrected chi connectivity index (χ1v) is 8.84. The molecule has 0 unspecified atom stereocenters. The van der Waals surface area contributed by atoms with Gasteiger partial charge in [-0.1, -0.05) is 0 Å². The van der Waals surface area contributed by atoms with Crippen LogP contribution in [0, 0.1) is 0 Å². The van der Waals surface area contributed by atoms with Crippen molar-refractivity contribution in [3.63, 3.8) is 0 Å². The predicted octanol–water partition coefficient (Wildman–Crippen LogP) is 0.0277. The third kappa shape index (κ3) is 8.90. The van der Waals surface area contributed by atoms with E-state index in [9.17, 15) is 8.42 Å². The molecular weight excluding hydrogens is 294 g/mol. The first-order valence-electron chi connectivity index (χ1n) is 6.95. The van der Waals surface area contributed by atoms with Crippen LogP contribution in [0.5, 0.6) is 0 Å². The van der Waals surface area contributed by atoms with Crippen molar-refractivity contribution in [1.82, 2.24) is 10.6 Å². The fourth-order valence-electron chi connectivity index (χ4n) is 1.27. The number of nitrogens with zero attached hydrogens (tertiary/aromatic N) is 1. The van der Waals surface area contributed by atoms with E-state index in [0.29, 0.717) is 38.9 Å². The van der Waals surface area contributed by atoms with Gasteiger partial charge >= 0.3 is 0 Å². The van der Waals surface area contributed by atoms with Gasteiger partial charge in [0.2, 0.25) is 0 Å². The number of methoxy groups -OCH3 is 1. The minimum Gasteiger partial charge on any atom is -0.382 e. The second-order valence-electron chi connectivity index (χ2n) is 5.34. The zero-order valence-electron chi connectivity index (χ0n) is 13.7. The predicted molar refractivity (Wildman–Crippen MR) is 85.6 cm³/mol. The summed E-state index contributed by atoms with van der Waals surface area (Å²) in [4.78, 5) is 4.06. The van der Waals surface area contributed by atoms with Crippen molar-refractivity contribution in [3.05, 3.63) is 0 Å². The van der Waals surface area contributed by atoms with Gasteiger partial charge in [0.25, 0.3) is 0 Å². The zero-order chi connectivity index (χ0) is 16.4. The van der Waals surface area contributed by atoms with Crippen molar-refractivity contribution in [2.24, 2.45) is 4.99 Å². The second-order valence-corrected chi connectivity index (χ2v) is 7.99. The van der Waals surface area contributed by atoms with E-state index in [2.05, 4.69) is 15.6 Å². The molecule has 0 amide bonds. The Kier molecular flexibility index (Phi) is 9.56. The number of aliphatic imine (C=N–C) groups is 1. The van der Waals surface area contributed by atoms with Crippen LogP contribution in [0.25, 0.3) is 0 Å². The average molecular weight is 323 g/mol. The molecule has 8 heteroatoms. The van der Waals surface area contributed by atoms with E-state index in [1.54, 1.807) is 28.0 Å². The largest absolute Gasteiger partial charge is 0.382 e. The van der Waals surface area contributed by atoms with Gasteiger partial charge in [0.1, 0.15) is 0 Å². The van der Waals surface area contributed by atoms with Crippen molar-refractivity contribution < 1.29 is 17.9 Å². The molecule has 0 aliphatic heterocycles. The third-order valence-corrected chi connectivity index (χ3v) is 5.25. The number of guanidine groups is 1. The molecule has 0 aliphatic rings. The van der Waals surface area contributed by atoms with Crippen LogP contribution in [0.3, 0.4) is 0 Å². The summed E-state index contributed by atoms with van der Waals surface area (Å²) in [7, 11) is 0.167. The summed E-state index contributed by atoms with van der Waals surface area (Å²) in [6.45, 7) is 6.20. The van der Waals surface area contributed by atoms with Crippen LogP contribution >= 0.6 is 0 Å². The number of nitrogens with one attached hydrogen (secondary N) is 2. The van der Waals surface area contributed by atoms with Gasteiger partial charge < -0.3 is 20.1 Å². The Morgan fingerprint density at radius 3 is 2.38 bits per heavy atom. The monoisotopic (exact) mass is 323 g/mol. The van der Waals surface area contributed by atoms with E-state index >= 15 is 0 Å². The first kappa shape index (κ1) is 20.1. The van der Waals surface area contributed by atoms with Crippen LogP contribution in [0.1, 0.15) is 20.3 Å². The molecular formula is C13H29N3O4S. The standard InChI is InChI=1S/C13H29N3O4S/c1-13(2,21(5,17)18)11-16-12(14-3)15-7-6-8-20-10-9-19-4/h6-11H2,1-5H3,(H2,14,15,16). The van der Waals surface area contributed by atoms with Gasteiger partial charge in [-0.05, 0) is 20.3 Å². The number of sulfone groups is 1. The molecule has 21 heavy (non-hydrogen) atoms. The molecule has 0 aliphatic carbocycles. The van der Waals surface area contributed by atoms with Crippen molar-refractivity contribution >= 4 is 15.8 Å². The number of rotatable bonds is 10. The Morgan fingerprint density at radius 1 is 1.19 bits per heavy atom. The zero-order valence-corrected chi connectivity index (χ0v) is 14.5. The van der Waals surface area contributed by atoms with Crippen LogP contribution in [0.15, 0.2) is 4.99 Å². The summed E-state index contributed by atoms with van der Waals surface area (Å²) in [6, 6.07) is 0. The van der Waals surface area contributed by atoms with E-state index in [-0.39, 0.29) is 0 Å². The van der Waals surface area contributed by atoms with Gasteiger partial charge in [0, 0.05) is 40.1 Å². The normalized spacial score (nSPS) is 13.3. The van der Waals surface area contributed by atoms with Crippen molar-refractivity contribution in [3.8, 4) is 0 Å². The summed E-state index contributed by atoms with van der Waals surface area (Å²) in [5.41, 5.74) is 0. The highest BCUT2D eigenvalue weighted by Gasteiger charge is 2.30. The maximum absolute atomic E-state index is 11.6. The number of hydrogen-bond donors (Lipinski definition) is 2. The molecule has 7 nitrogen and oxygen atoms in total. The van der Waals surface area contributed by atoms with Crippen LogP contribution < -0.4 is 10.6 Å². The van der Waals surface area contributed by atoms with Gasteiger partial charge in [0.05, 0.1) is 18.0 Å². The lowest BCUT2D eigenvalue weighted by Crippen LogP contribution is -2.47. The topological polar surface area (TPSA) is 89.0 Å². The highest BCUT2D eigenvalue weighted by atomic mass is 32.2. The number of hydrogen-bond acceptors (Lipinski definition) is 5. The molecule has 0 aromatic heterocycles. The van der Waals surface area contributed by atoms with E-state index < -0.39 is 14.6 Å². The van der Waals surface area contributed by atoms with Gasteiger partial charge in [-0.3, -0.25) is 4.99 Å². The van der Waals surface area contributed by atoms with Crippen molar-refractivity contribution in [2.45, 2.75) is 25.0 Å². The Bertz CT molecular complexity index is 408. The molecule has 2 N–H and O–H groups in total. The van der Waals surface area contributed by atoms with Gasteiger partial charge in [-0.25, -0.2) is 8.42 Å². The highest BCUT2D eigenvalue weighted by Crippen LogP contribution is 2.13. The fourth-order valence-corrected chi connectivity index (χ4v) is 1.61. The molecule has 126 valence electrons. The summed E-state index contributed by atoms with van der Waals surface area (Å²) >= 11 is 0. The van der Waals surface area contributed by atoms with Crippen LogP contribution in [0.4, 0.5) is 0 Å². The lowest BCUT2D eigenvalue weighted by atomic mass is 10.2. The molecule has 0 fully saturated rings. The minimum atomic E-state index is -3.12. The maximum atomic E-state index is 11.6. The van der Waals surface area contributed by atoms with Crippen molar-refractivity contribution in [2.75, 3.05) is 53.3 Å². The SMILES string of the molecule is CN=C(NCCCOCCOC)NCC(C)(C)S(C)(=O)=O.